The van der Waals surface area contributed by atoms with Gasteiger partial charge in [0.05, 0.1) is 27.8 Å². The Hall–Kier alpha value is -2.59. The highest BCUT2D eigenvalue weighted by Gasteiger charge is 2.35. The van der Waals surface area contributed by atoms with Crippen molar-refractivity contribution in [2.24, 2.45) is 5.92 Å². The zero-order chi connectivity index (χ0) is 23.6. The average molecular weight is 482 g/mol. The minimum atomic E-state index is -4.53. The number of rotatable bonds is 5. The van der Waals surface area contributed by atoms with Crippen molar-refractivity contribution in [3.05, 3.63) is 54.1 Å². The molecule has 1 N–H and O–H groups in total. The molecule has 33 heavy (non-hydrogen) atoms. The predicted octanol–water partition coefficient (Wildman–Crippen LogP) is 4.35. The van der Waals surface area contributed by atoms with Crippen molar-refractivity contribution in [1.29, 1.82) is 0 Å². The first kappa shape index (κ1) is 23.6. The van der Waals surface area contributed by atoms with Crippen molar-refractivity contribution in [2.75, 3.05) is 36.4 Å². The van der Waals surface area contributed by atoms with Crippen molar-refractivity contribution in [3.8, 4) is 0 Å². The van der Waals surface area contributed by atoms with Crippen LogP contribution in [0.25, 0.3) is 0 Å². The fourth-order valence-corrected chi connectivity index (χ4v) is 5.94. The number of nitrogens with zero attached hydrogens (tertiary/aromatic N) is 2. The molecule has 4 rings (SSSR count). The summed E-state index contributed by atoms with van der Waals surface area (Å²) < 4.78 is 67.1. The molecule has 6 nitrogen and oxygen atoms in total. The van der Waals surface area contributed by atoms with E-state index in [0.29, 0.717) is 38.2 Å². The number of alkyl halides is 3. The molecule has 10 heteroatoms. The molecule has 0 saturated carbocycles. The molecule has 2 aromatic rings. The number of hydrogen-bond acceptors (Lipinski definition) is 4. The van der Waals surface area contributed by atoms with Gasteiger partial charge in [-0.05, 0) is 56.0 Å². The first-order valence-corrected chi connectivity index (χ1v) is 12.4. The number of anilines is 2. The lowest BCUT2D eigenvalue weighted by Crippen LogP contribution is -2.43. The molecule has 2 heterocycles. The second-order valence-electron chi connectivity index (χ2n) is 8.43. The van der Waals surface area contributed by atoms with Crippen LogP contribution < -0.4 is 10.2 Å². The Kier molecular flexibility index (Phi) is 6.67. The quantitative estimate of drug-likeness (QED) is 0.690. The molecule has 2 aliphatic heterocycles. The van der Waals surface area contributed by atoms with Gasteiger partial charge in [0.2, 0.25) is 15.9 Å². The summed E-state index contributed by atoms with van der Waals surface area (Å²) in [7, 11) is -3.75. The molecule has 0 aromatic heterocycles. The molecule has 0 aliphatic carbocycles. The van der Waals surface area contributed by atoms with E-state index >= 15 is 0 Å². The Bertz CT molecular complexity index is 1100. The van der Waals surface area contributed by atoms with Gasteiger partial charge in [-0.25, -0.2) is 8.42 Å². The molecular formula is C23H26F3N3O3S. The number of carbonyl (C=O) groups is 1. The van der Waals surface area contributed by atoms with Crippen LogP contribution in [0.1, 0.15) is 31.2 Å². The Labute approximate surface area is 191 Å². The van der Waals surface area contributed by atoms with Crippen molar-refractivity contribution in [1.82, 2.24) is 4.31 Å². The van der Waals surface area contributed by atoms with Gasteiger partial charge in [-0.3, -0.25) is 4.79 Å². The largest absolute Gasteiger partial charge is 0.416 e. The summed E-state index contributed by atoms with van der Waals surface area (Å²) in [6.07, 6.45) is -1.71. The van der Waals surface area contributed by atoms with Gasteiger partial charge in [0.15, 0.2) is 0 Å². The van der Waals surface area contributed by atoms with E-state index in [1.54, 1.807) is 18.2 Å². The highest BCUT2D eigenvalue weighted by Crippen LogP contribution is 2.37. The van der Waals surface area contributed by atoms with Gasteiger partial charge in [0, 0.05) is 26.2 Å². The zero-order valence-corrected chi connectivity index (χ0v) is 18.8. The highest BCUT2D eigenvalue weighted by molar-refractivity contribution is 7.89. The number of amides is 1. The van der Waals surface area contributed by atoms with Crippen LogP contribution in [-0.2, 0) is 21.0 Å². The lowest BCUT2D eigenvalue weighted by Gasteiger charge is -2.31. The van der Waals surface area contributed by atoms with E-state index in [4.69, 9.17) is 0 Å². The number of halogens is 3. The Morgan fingerprint density at radius 3 is 2.33 bits per heavy atom. The van der Waals surface area contributed by atoms with E-state index in [0.717, 1.165) is 25.0 Å². The molecule has 1 amide bonds. The monoisotopic (exact) mass is 481 g/mol. The van der Waals surface area contributed by atoms with E-state index in [2.05, 4.69) is 5.32 Å². The van der Waals surface area contributed by atoms with Crippen LogP contribution in [0.3, 0.4) is 0 Å². The van der Waals surface area contributed by atoms with Gasteiger partial charge in [-0.15, -0.1) is 0 Å². The van der Waals surface area contributed by atoms with E-state index in [9.17, 15) is 26.4 Å². The van der Waals surface area contributed by atoms with Crippen LogP contribution in [0.4, 0.5) is 24.5 Å². The fraction of sp³-hybridized carbons (Fsp3) is 0.435. The standard InChI is InChI=1S/C23H26F3N3O3S/c24-23(25,26)18-10-11-21(28-12-4-5-13-28)20(15-18)27-22(30)17-7-6-14-29(16-17)33(31,32)19-8-2-1-3-9-19/h1-3,8-11,15,17H,4-7,12-14,16H2,(H,27,30). The van der Waals surface area contributed by atoms with Crippen molar-refractivity contribution >= 4 is 27.3 Å². The zero-order valence-electron chi connectivity index (χ0n) is 18.0. The molecule has 0 radical (unpaired) electrons. The lowest BCUT2D eigenvalue weighted by atomic mass is 9.98. The van der Waals surface area contributed by atoms with Crippen LogP contribution in [0.15, 0.2) is 53.4 Å². The van der Waals surface area contributed by atoms with E-state index in [-0.39, 0.29) is 17.1 Å². The molecule has 0 spiro atoms. The average Bonchev–Trinajstić information content (AvgIpc) is 3.34. The van der Waals surface area contributed by atoms with E-state index < -0.39 is 33.6 Å². The van der Waals surface area contributed by atoms with Crippen molar-refractivity contribution < 1.29 is 26.4 Å². The molecule has 2 aliphatic rings. The van der Waals surface area contributed by atoms with Crippen molar-refractivity contribution in [3.63, 3.8) is 0 Å². The molecule has 0 bridgehead atoms. The lowest BCUT2D eigenvalue weighted by molar-refractivity contribution is -0.137. The maximum atomic E-state index is 13.3. The molecule has 2 saturated heterocycles. The summed E-state index contributed by atoms with van der Waals surface area (Å²) in [5.74, 6) is -1.12. The van der Waals surface area contributed by atoms with Gasteiger partial charge in [-0.1, -0.05) is 18.2 Å². The summed E-state index contributed by atoms with van der Waals surface area (Å²) in [6.45, 7) is 1.70. The predicted molar refractivity (Wildman–Crippen MR) is 119 cm³/mol. The molecule has 2 aromatic carbocycles. The Morgan fingerprint density at radius 2 is 1.67 bits per heavy atom. The number of sulfonamides is 1. The molecule has 178 valence electrons. The minimum absolute atomic E-state index is 0.0128. The normalized spacial score (nSPS) is 20.1. The van der Waals surface area contributed by atoms with Gasteiger partial charge in [-0.2, -0.15) is 17.5 Å². The van der Waals surface area contributed by atoms with Crippen LogP contribution in [0.5, 0.6) is 0 Å². The number of nitrogens with one attached hydrogen (secondary N) is 1. The number of piperidine rings is 1. The summed E-state index contributed by atoms with van der Waals surface area (Å²) in [4.78, 5) is 15.2. The molecule has 1 atom stereocenters. The smallest absolute Gasteiger partial charge is 0.370 e. The third-order valence-corrected chi connectivity index (χ3v) is 8.04. The maximum Gasteiger partial charge on any atom is 0.416 e. The highest BCUT2D eigenvalue weighted by atomic mass is 32.2. The second-order valence-corrected chi connectivity index (χ2v) is 10.4. The van der Waals surface area contributed by atoms with Crippen molar-refractivity contribution in [2.45, 2.75) is 36.8 Å². The summed E-state index contributed by atoms with van der Waals surface area (Å²) >= 11 is 0. The van der Waals surface area contributed by atoms with Crippen LogP contribution >= 0.6 is 0 Å². The van der Waals surface area contributed by atoms with E-state index in [1.807, 2.05) is 4.90 Å². The van der Waals surface area contributed by atoms with Gasteiger partial charge < -0.3 is 10.2 Å². The molecular weight excluding hydrogens is 455 g/mol. The van der Waals surface area contributed by atoms with E-state index in [1.165, 1.54) is 22.5 Å². The second kappa shape index (κ2) is 9.34. The van der Waals surface area contributed by atoms with Gasteiger partial charge in [0.1, 0.15) is 0 Å². The minimum Gasteiger partial charge on any atom is -0.370 e. The maximum absolute atomic E-state index is 13.3. The Morgan fingerprint density at radius 1 is 0.970 bits per heavy atom. The number of benzene rings is 2. The Balaban J connectivity index is 1.55. The molecule has 1 unspecified atom stereocenters. The van der Waals surface area contributed by atoms with Crippen LogP contribution in [0.2, 0.25) is 0 Å². The third kappa shape index (κ3) is 5.16. The summed E-state index contributed by atoms with van der Waals surface area (Å²) in [5, 5.41) is 2.68. The van der Waals surface area contributed by atoms with Gasteiger partial charge in [0.25, 0.3) is 0 Å². The van der Waals surface area contributed by atoms with Gasteiger partial charge >= 0.3 is 6.18 Å². The van der Waals surface area contributed by atoms with Crippen LogP contribution in [0, 0.1) is 5.92 Å². The van der Waals surface area contributed by atoms with Crippen LogP contribution in [-0.4, -0.2) is 44.8 Å². The fourth-order valence-electron chi connectivity index (χ4n) is 4.40. The first-order valence-electron chi connectivity index (χ1n) is 11.0. The first-order chi connectivity index (χ1) is 15.7. The SMILES string of the molecule is O=C(Nc1cc(C(F)(F)F)ccc1N1CCCC1)C1CCCN(S(=O)(=O)c2ccccc2)C1. The summed E-state index contributed by atoms with van der Waals surface area (Å²) in [6, 6.07) is 11.4. The number of carbonyl (C=O) groups excluding carboxylic acids is 1. The third-order valence-electron chi connectivity index (χ3n) is 6.16. The summed E-state index contributed by atoms with van der Waals surface area (Å²) in [5.41, 5.74) is -0.170. The number of hydrogen-bond donors (Lipinski definition) is 1. The molecule has 2 fully saturated rings. The topological polar surface area (TPSA) is 69.7 Å².